The number of aromatic nitrogens is 1. The van der Waals surface area contributed by atoms with Crippen molar-refractivity contribution >= 4 is 23.9 Å². The lowest BCUT2D eigenvalue weighted by Gasteiger charge is -2.19. The Morgan fingerprint density at radius 1 is 1.07 bits per heavy atom. The van der Waals surface area contributed by atoms with Crippen LogP contribution in [0.2, 0.25) is 0 Å². The van der Waals surface area contributed by atoms with Gasteiger partial charge in [0.2, 0.25) is 0 Å². The van der Waals surface area contributed by atoms with Crippen molar-refractivity contribution in [1.29, 1.82) is 0 Å². The van der Waals surface area contributed by atoms with Crippen molar-refractivity contribution in [2.45, 2.75) is 32.9 Å². The zero-order valence-corrected chi connectivity index (χ0v) is 16.1. The van der Waals surface area contributed by atoms with E-state index in [9.17, 15) is 19.2 Å². The molecule has 29 heavy (non-hydrogen) atoms. The van der Waals surface area contributed by atoms with E-state index in [1.54, 1.807) is 32.9 Å². The molecule has 1 aliphatic heterocycles. The molecule has 0 fully saturated rings. The molecule has 3 rings (SSSR count). The maximum absolute atomic E-state index is 12.4. The van der Waals surface area contributed by atoms with Crippen LogP contribution >= 0.6 is 0 Å². The highest BCUT2D eigenvalue weighted by Gasteiger charge is 2.38. The number of hydroxylamine groups is 2. The maximum Gasteiger partial charge on any atom is 0.407 e. The molecule has 1 N–H and O–H groups in total. The molecule has 1 aromatic heterocycles. The summed E-state index contributed by atoms with van der Waals surface area (Å²) in [7, 11) is 0. The quantitative estimate of drug-likeness (QED) is 0.788. The summed E-state index contributed by atoms with van der Waals surface area (Å²) in [4.78, 5) is 57.8. The molecule has 9 heteroatoms. The summed E-state index contributed by atoms with van der Waals surface area (Å²) < 4.78 is 5.13. The van der Waals surface area contributed by atoms with Gasteiger partial charge in [-0.2, -0.15) is 0 Å². The summed E-state index contributed by atoms with van der Waals surface area (Å²) in [6.07, 6.45) is 0.726. The first-order chi connectivity index (χ1) is 13.7. The van der Waals surface area contributed by atoms with Crippen LogP contribution in [0.5, 0.6) is 0 Å². The number of pyridine rings is 1. The van der Waals surface area contributed by atoms with Crippen molar-refractivity contribution in [3.8, 4) is 0 Å². The zero-order chi connectivity index (χ0) is 21.2. The van der Waals surface area contributed by atoms with Crippen LogP contribution < -0.4 is 5.32 Å². The van der Waals surface area contributed by atoms with E-state index in [0.29, 0.717) is 10.8 Å². The van der Waals surface area contributed by atoms with Crippen LogP contribution in [0.3, 0.4) is 0 Å². The Morgan fingerprint density at radius 2 is 1.69 bits per heavy atom. The number of hydrogen-bond acceptors (Lipinski definition) is 7. The monoisotopic (exact) mass is 397 g/mol. The van der Waals surface area contributed by atoms with Crippen molar-refractivity contribution in [3.63, 3.8) is 0 Å². The molecule has 0 aliphatic carbocycles. The summed E-state index contributed by atoms with van der Waals surface area (Å²) in [5, 5.41) is 2.96. The molecule has 0 bridgehead atoms. The van der Waals surface area contributed by atoms with Gasteiger partial charge in [0.05, 0.1) is 28.9 Å². The topological polar surface area (TPSA) is 115 Å². The first-order valence-corrected chi connectivity index (χ1v) is 8.77. The Morgan fingerprint density at radius 3 is 2.28 bits per heavy atom. The number of hydrogen-bond donors (Lipinski definition) is 1. The predicted molar refractivity (Wildman–Crippen MR) is 99.7 cm³/mol. The second-order valence-electron chi connectivity index (χ2n) is 7.22. The van der Waals surface area contributed by atoms with Crippen molar-refractivity contribution in [1.82, 2.24) is 15.4 Å². The van der Waals surface area contributed by atoms with Crippen LogP contribution in [0, 0.1) is 0 Å². The molecular formula is C20H19N3O6. The van der Waals surface area contributed by atoms with E-state index >= 15 is 0 Å². The molecule has 1 aliphatic rings. The van der Waals surface area contributed by atoms with E-state index in [1.807, 2.05) is 0 Å². The van der Waals surface area contributed by atoms with Gasteiger partial charge in [-0.15, -0.1) is 0 Å². The van der Waals surface area contributed by atoms with Crippen molar-refractivity contribution in [2.75, 3.05) is 0 Å². The highest BCUT2D eigenvalue weighted by molar-refractivity contribution is 6.21. The Hall–Kier alpha value is -3.75. The second kappa shape index (κ2) is 7.70. The van der Waals surface area contributed by atoms with E-state index in [4.69, 9.17) is 9.57 Å². The number of carbonyl (C=O) groups is 4. The molecule has 9 nitrogen and oxygen atoms in total. The van der Waals surface area contributed by atoms with Gasteiger partial charge in [0.1, 0.15) is 5.60 Å². The van der Waals surface area contributed by atoms with Gasteiger partial charge in [-0.05, 0) is 45.0 Å². The molecular weight excluding hydrogens is 378 g/mol. The average Bonchev–Trinajstić information content (AvgIpc) is 2.90. The lowest BCUT2D eigenvalue weighted by molar-refractivity contribution is -0.0584. The predicted octanol–water partition coefficient (Wildman–Crippen LogP) is 2.47. The molecule has 0 radical (unpaired) electrons. The Kier molecular flexibility index (Phi) is 5.31. The number of imide groups is 1. The van der Waals surface area contributed by atoms with Crippen LogP contribution in [-0.4, -0.2) is 39.5 Å². The van der Waals surface area contributed by atoms with Gasteiger partial charge in [0.25, 0.3) is 11.8 Å². The third-order valence-electron chi connectivity index (χ3n) is 3.80. The Balaban J connectivity index is 1.65. The Bertz CT molecular complexity index is 961. The molecule has 3 amide bonds. The van der Waals surface area contributed by atoms with Crippen LogP contribution in [0.4, 0.5) is 4.79 Å². The van der Waals surface area contributed by atoms with Crippen LogP contribution in [0.25, 0.3) is 0 Å². The lowest BCUT2D eigenvalue weighted by atomic mass is 10.1. The highest BCUT2D eigenvalue weighted by Crippen LogP contribution is 2.23. The van der Waals surface area contributed by atoms with Gasteiger partial charge in [0.15, 0.2) is 0 Å². The molecule has 2 heterocycles. The number of amides is 3. The average molecular weight is 397 g/mol. The molecule has 2 aromatic rings. The fourth-order valence-corrected chi connectivity index (χ4v) is 2.56. The third-order valence-corrected chi connectivity index (χ3v) is 3.80. The number of nitrogens with one attached hydrogen (secondary N) is 1. The van der Waals surface area contributed by atoms with Crippen molar-refractivity contribution < 1.29 is 28.8 Å². The number of ether oxygens (including phenoxy) is 1. The minimum absolute atomic E-state index is 0.0169. The van der Waals surface area contributed by atoms with Crippen LogP contribution in [0.1, 0.15) is 57.5 Å². The molecule has 150 valence electrons. The van der Waals surface area contributed by atoms with Crippen molar-refractivity contribution in [3.05, 3.63) is 65.0 Å². The first kappa shape index (κ1) is 20.0. The van der Waals surface area contributed by atoms with E-state index in [0.717, 1.165) is 0 Å². The molecule has 0 spiro atoms. The number of alkyl carbamates (subject to hydrolysis) is 1. The smallest absolute Gasteiger partial charge is 0.407 e. The summed E-state index contributed by atoms with van der Waals surface area (Å²) in [5.41, 5.74) is 0.130. The Labute approximate surface area is 166 Å². The van der Waals surface area contributed by atoms with Gasteiger partial charge in [-0.3, -0.25) is 14.6 Å². The van der Waals surface area contributed by atoms with E-state index in [2.05, 4.69) is 10.3 Å². The normalized spacial score (nSPS) is 13.1. The fraction of sp³-hybridized carbons (Fsp3) is 0.250. The van der Waals surface area contributed by atoms with Gasteiger partial charge in [0, 0.05) is 6.20 Å². The minimum Gasteiger partial charge on any atom is -0.444 e. The van der Waals surface area contributed by atoms with Gasteiger partial charge < -0.3 is 14.9 Å². The molecule has 1 aromatic carbocycles. The number of carbonyl (C=O) groups excluding carboxylic acids is 4. The standard InChI is InChI=1S/C20H19N3O6/c1-20(2,3)28-19(27)22-11-13-10-12(8-9-21-13)18(26)29-23-16(24)14-6-4-5-7-15(14)17(23)25/h4-10H,11H2,1-3H3,(H,22,27). The summed E-state index contributed by atoms with van der Waals surface area (Å²) >= 11 is 0. The van der Waals surface area contributed by atoms with Crippen molar-refractivity contribution in [2.24, 2.45) is 0 Å². The minimum atomic E-state index is -0.902. The summed E-state index contributed by atoms with van der Waals surface area (Å²) in [5.74, 6) is -2.32. The van der Waals surface area contributed by atoms with Crippen LogP contribution in [-0.2, 0) is 16.1 Å². The molecule has 0 unspecified atom stereocenters. The van der Waals surface area contributed by atoms with Gasteiger partial charge in [-0.1, -0.05) is 17.2 Å². The highest BCUT2D eigenvalue weighted by atomic mass is 16.7. The van der Waals surface area contributed by atoms with Gasteiger partial charge in [-0.25, -0.2) is 9.59 Å². The number of rotatable bonds is 4. The first-order valence-electron chi connectivity index (χ1n) is 8.77. The van der Waals surface area contributed by atoms with E-state index < -0.39 is 29.5 Å². The number of fused-ring (bicyclic) bond motifs is 1. The molecule has 0 atom stereocenters. The molecule has 0 saturated heterocycles. The number of nitrogens with zero attached hydrogens (tertiary/aromatic N) is 2. The van der Waals surface area contributed by atoms with Gasteiger partial charge >= 0.3 is 12.1 Å². The van der Waals surface area contributed by atoms with E-state index in [1.165, 1.54) is 30.5 Å². The SMILES string of the molecule is CC(C)(C)OC(=O)NCc1cc(C(=O)ON2C(=O)c3ccccc3C2=O)ccn1. The van der Waals surface area contributed by atoms with Crippen LogP contribution in [0.15, 0.2) is 42.6 Å². The zero-order valence-electron chi connectivity index (χ0n) is 16.1. The fourth-order valence-electron chi connectivity index (χ4n) is 2.56. The molecule has 0 saturated carbocycles. The lowest BCUT2D eigenvalue weighted by Crippen LogP contribution is -2.33. The van der Waals surface area contributed by atoms with E-state index in [-0.39, 0.29) is 23.2 Å². The second-order valence-corrected chi connectivity index (χ2v) is 7.22. The number of benzene rings is 1. The summed E-state index contributed by atoms with van der Waals surface area (Å²) in [6.45, 7) is 5.23. The largest absolute Gasteiger partial charge is 0.444 e. The maximum atomic E-state index is 12.4. The third kappa shape index (κ3) is 4.57. The summed E-state index contributed by atoms with van der Waals surface area (Å²) in [6, 6.07) is 8.95.